The summed E-state index contributed by atoms with van der Waals surface area (Å²) in [7, 11) is 0. The van der Waals surface area contributed by atoms with Gasteiger partial charge in [-0.25, -0.2) is 4.57 Å². The molecular formula is C21H28Cl2N+. The van der Waals surface area contributed by atoms with Crippen LogP contribution in [0, 0.1) is 0 Å². The zero-order valence-electron chi connectivity index (χ0n) is 14.6. The second kappa shape index (κ2) is 10.7. The molecule has 0 atom stereocenters. The van der Waals surface area contributed by atoms with Crippen LogP contribution in [0.1, 0.15) is 63.0 Å². The maximum absolute atomic E-state index is 6.07. The molecule has 0 saturated carbocycles. The molecule has 1 nitrogen and oxygen atoms in total. The molecule has 0 radical (unpaired) electrons. The molecular weight excluding hydrogens is 337 g/mol. The third-order valence-electron chi connectivity index (χ3n) is 4.38. The van der Waals surface area contributed by atoms with E-state index in [2.05, 4.69) is 36.0 Å². The summed E-state index contributed by atoms with van der Waals surface area (Å²) in [5.74, 6) is 0. The fraction of sp³-hybridized carbons (Fsp3) is 0.476. The van der Waals surface area contributed by atoms with Crippen molar-refractivity contribution in [2.45, 2.75) is 64.8 Å². The van der Waals surface area contributed by atoms with Gasteiger partial charge in [-0.2, -0.15) is 0 Å². The van der Waals surface area contributed by atoms with Crippen molar-refractivity contribution in [1.82, 2.24) is 0 Å². The van der Waals surface area contributed by atoms with E-state index in [1.54, 1.807) is 0 Å². The van der Waals surface area contributed by atoms with Gasteiger partial charge in [0, 0.05) is 17.7 Å². The lowest BCUT2D eigenvalue weighted by atomic mass is 10.1. The standard InChI is InChI=1S/C21H28Cl2N/c1-2-3-4-5-6-7-8-9-18-12-14-24(15-13-18)17-19-10-11-20(22)21(23)16-19/h10-16H,2-9,17H2,1H3/q+1. The van der Waals surface area contributed by atoms with Crippen LogP contribution in [0.15, 0.2) is 42.7 Å². The molecule has 0 spiro atoms. The summed E-state index contributed by atoms with van der Waals surface area (Å²) in [6.45, 7) is 3.08. The Morgan fingerprint density at radius 2 is 1.42 bits per heavy atom. The highest BCUT2D eigenvalue weighted by Crippen LogP contribution is 2.22. The third-order valence-corrected chi connectivity index (χ3v) is 5.12. The molecule has 0 unspecified atom stereocenters. The summed E-state index contributed by atoms with van der Waals surface area (Å²) in [5, 5.41) is 1.22. The molecule has 3 heteroatoms. The smallest absolute Gasteiger partial charge is 0.173 e. The molecule has 1 aromatic heterocycles. The van der Waals surface area contributed by atoms with Gasteiger partial charge >= 0.3 is 0 Å². The minimum absolute atomic E-state index is 0.607. The summed E-state index contributed by atoms with van der Waals surface area (Å²) < 4.78 is 2.17. The number of nitrogens with zero attached hydrogens (tertiary/aromatic N) is 1. The van der Waals surface area contributed by atoms with Crippen molar-refractivity contribution in [1.29, 1.82) is 0 Å². The highest BCUT2D eigenvalue weighted by Gasteiger charge is 2.06. The van der Waals surface area contributed by atoms with Crippen molar-refractivity contribution in [2.75, 3.05) is 0 Å². The zero-order chi connectivity index (χ0) is 17.2. The van der Waals surface area contributed by atoms with Gasteiger partial charge in [-0.3, -0.25) is 0 Å². The Bertz CT molecular complexity index is 608. The molecule has 0 fully saturated rings. The molecule has 2 rings (SSSR count). The van der Waals surface area contributed by atoms with E-state index in [1.165, 1.54) is 56.9 Å². The van der Waals surface area contributed by atoms with Crippen molar-refractivity contribution in [3.63, 3.8) is 0 Å². The number of benzene rings is 1. The van der Waals surface area contributed by atoms with Crippen LogP contribution in [0.4, 0.5) is 0 Å². The molecule has 0 aliphatic carbocycles. The molecule has 0 bridgehead atoms. The number of pyridine rings is 1. The van der Waals surface area contributed by atoms with Crippen molar-refractivity contribution in [2.24, 2.45) is 0 Å². The van der Waals surface area contributed by atoms with Gasteiger partial charge in [-0.15, -0.1) is 0 Å². The van der Waals surface area contributed by atoms with Gasteiger partial charge in [-0.1, -0.05) is 74.7 Å². The maximum Gasteiger partial charge on any atom is 0.173 e. The molecule has 0 aliphatic rings. The minimum atomic E-state index is 0.607. The predicted octanol–water partition coefficient (Wildman–Crippen LogP) is 6.62. The first kappa shape index (κ1) is 19.3. The summed E-state index contributed by atoms with van der Waals surface area (Å²) in [5.41, 5.74) is 2.59. The summed E-state index contributed by atoms with van der Waals surface area (Å²) in [6.07, 6.45) is 15.0. The molecule has 24 heavy (non-hydrogen) atoms. The van der Waals surface area contributed by atoms with Gasteiger partial charge in [0.25, 0.3) is 0 Å². The summed E-state index contributed by atoms with van der Waals surface area (Å²) in [4.78, 5) is 0. The Morgan fingerprint density at radius 3 is 2.08 bits per heavy atom. The van der Waals surface area contributed by atoms with Crippen molar-refractivity contribution >= 4 is 23.2 Å². The lowest BCUT2D eigenvalue weighted by molar-refractivity contribution is -0.688. The highest BCUT2D eigenvalue weighted by molar-refractivity contribution is 6.42. The van der Waals surface area contributed by atoms with Crippen LogP contribution < -0.4 is 4.57 Å². The van der Waals surface area contributed by atoms with E-state index < -0.39 is 0 Å². The third kappa shape index (κ3) is 6.83. The van der Waals surface area contributed by atoms with Gasteiger partial charge in [0.15, 0.2) is 18.9 Å². The molecule has 0 amide bonds. The highest BCUT2D eigenvalue weighted by atomic mass is 35.5. The monoisotopic (exact) mass is 364 g/mol. The Labute approximate surface area is 156 Å². The first-order valence-corrected chi connectivity index (χ1v) is 9.86. The maximum atomic E-state index is 6.07. The molecule has 2 aromatic rings. The Morgan fingerprint density at radius 1 is 0.750 bits per heavy atom. The fourth-order valence-corrected chi connectivity index (χ4v) is 3.22. The lowest BCUT2D eigenvalue weighted by Crippen LogP contribution is -2.33. The first-order valence-electron chi connectivity index (χ1n) is 9.11. The first-order chi connectivity index (χ1) is 11.7. The molecule has 130 valence electrons. The van der Waals surface area contributed by atoms with Gasteiger partial charge in [-0.05, 0) is 30.5 Å². The predicted molar refractivity (Wildman–Crippen MR) is 104 cm³/mol. The van der Waals surface area contributed by atoms with Crippen LogP contribution in [0.3, 0.4) is 0 Å². The number of aromatic nitrogens is 1. The van der Waals surface area contributed by atoms with E-state index in [9.17, 15) is 0 Å². The van der Waals surface area contributed by atoms with Crippen molar-refractivity contribution < 1.29 is 4.57 Å². The number of halogens is 2. The van der Waals surface area contributed by atoms with Crippen molar-refractivity contribution in [3.05, 3.63) is 63.9 Å². The van der Waals surface area contributed by atoms with Gasteiger partial charge in [0.05, 0.1) is 10.0 Å². The van der Waals surface area contributed by atoms with Gasteiger partial charge < -0.3 is 0 Å². The number of hydrogen-bond donors (Lipinski definition) is 0. The normalized spacial score (nSPS) is 11.0. The molecule has 0 aliphatic heterocycles. The van der Waals surface area contributed by atoms with Crippen LogP contribution in [0.25, 0.3) is 0 Å². The number of hydrogen-bond acceptors (Lipinski definition) is 0. The van der Waals surface area contributed by atoms with E-state index in [-0.39, 0.29) is 0 Å². The quantitative estimate of drug-likeness (QED) is 0.329. The topological polar surface area (TPSA) is 3.88 Å². The minimum Gasteiger partial charge on any atom is -0.201 e. The average Bonchev–Trinajstić information content (AvgIpc) is 2.59. The zero-order valence-corrected chi connectivity index (χ0v) is 16.1. The fourth-order valence-electron chi connectivity index (χ4n) is 2.90. The molecule has 1 heterocycles. The van der Waals surface area contributed by atoms with Crippen LogP contribution in [0.2, 0.25) is 10.0 Å². The SMILES string of the molecule is CCCCCCCCCc1cc[n+](Cc2ccc(Cl)c(Cl)c2)cc1. The van der Waals surface area contributed by atoms with E-state index in [0.717, 1.165) is 12.1 Å². The van der Waals surface area contributed by atoms with E-state index in [0.29, 0.717) is 10.0 Å². The summed E-state index contributed by atoms with van der Waals surface area (Å²) in [6, 6.07) is 10.3. The molecule has 0 N–H and O–H groups in total. The van der Waals surface area contributed by atoms with Gasteiger partial charge in [0.1, 0.15) is 0 Å². The lowest BCUT2D eigenvalue weighted by Gasteiger charge is -2.03. The van der Waals surface area contributed by atoms with Gasteiger partial charge in [0.2, 0.25) is 0 Å². The summed E-state index contributed by atoms with van der Waals surface area (Å²) >= 11 is 12.0. The largest absolute Gasteiger partial charge is 0.201 e. The van der Waals surface area contributed by atoms with Crippen LogP contribution in [-0.2, 0) is 13.0 Å². The Hall–Kier alpha value is -1.05. The van der Waals surface area contributed by atoms with E-state index >= 15 is 0 Å². The van der Waals surface area contributed by atoms with Crippen LogP contribution in [0.5, 0.6) is 0 Å². The van der Waals surface area contributed by atoms with Crippen LogP contribution in [-0.4, -0.2) is 0 Å². The Balaban J connectivity index is 1.73. The molecule has 0 saturated heterocycles. The number of aryl methyl sites for hydroxylation is 1. The number of unbranched alkanes of at least 4 members (excludes halogenated alkanes) is 6. The van der Waals surface area contributed by atoms with Crippen molar-refractivity contribution in [3.8, 4) is 0 Å². The second-order valence-corrected chi connectivity index (χ2v) is 7.31. The number of rotatable bonds is 10. The van der Waals surface area contributed by atoms with Crippen LogP contribution >= 0.6 is 23.2 Å². The molecule has 1 aromatic carbocycles. The Kier molecular flexibility index (Phi) is 8.63. The van der Waals surface area contributed by atoms with E-state index in [1.807, 2.05) is 18.2 Å². The second-order valence-electron chi connectivity index (χ2n) is 6.50. The average molecular weight is 365 g/mol. The van der Waals surface area contributed by atoms with E-state index in [4.69, 9.17) is 23.2 Å².